The van der Waals surface area contributed by atoms with Crippen molar-refractivity contribution in [2.24, 2.45) is 5.41 Å². The van der Waals surface area contributed by atoms with Crippen molar-refractivity contribution in [3.63, 3.8) is 0 Å². The van der Waals surface area contributed by atoms with Crippen molar-refractivity contribution in [1.82, 2.24) is 0 Å². The van der Waals surface area contributed by atoms with Crippen LogP contribution in [0.3, 0.4) is 0 Å². The van der Waals surface area contributed by atoms with Gasteiger partial charge in [-0.15, -0.1) is 9.24 Å². The lowest BCUT2D eigenvalue weighted by molar-refractivity contribution is -0.166. The number of methoxy groups -OCH3 is 1. The number of hydrogen-bond donors (Lipinski definition) is 1. The van der Waals surface area contributed by atoms with Gasteiger partial charge in [-0.2, -0.15) is 0 Å². The lowest BCUT2D eigenvalue weighted by Gasteiger charge is -2.38. The summed E-state index contributed by atoms with van der Waals surface area (Å²) in [5.41, 5.74) is 1.22. The summed E-state index contributed by atoms with van der Waals surface area (Å²) in [6.45, 7) is 0.823. The van der Waals surface area contributed by atoms with E-state index in [2.05, 4.69) is 9.24 Å². The molecule has 0 spiro atoms. The van der Waals surface area contributed by atoms with Crippen LogP contribution in [-0.4, -0.2) is 36.9 Å². The van der Waals surface area contributed by atoms with Crippen LogP contribution in [0.2, 0.25) is 0 Å². The third-order valence-corrected chi connectivity index (χ3v) is 8.36. The predicted molar refractivity (Wildman–Crippen MR) is 164 cm³/mol. The minimum atomic E-state index is -1.09. The van der Waals surface area contributed by atoms with Gasteiger partial charge in [0.15, 0.2) is 0 Å². The zero-order valence-corrected chi connectivity index (χ0v) is 24.7. The minimum Gasteiger partial charge on any atom is -0.496 e. The Morgan fingerprint density at radius 2 is 1.62 bits per heavy atom. The van der Waals surface area contributed by atoms with Gasteiger partial charge in [-0.1, -0.05) is 72.8 Å². The first-order chi connectivity index (χ1) is 20.4. The van der Waals surface area contributed by atoms with E-state index in [0.717, 1.165) is 21.9 Å². The number of carbonyl (C=O) groups is 2. The van der Waals surface area contributed by atoms with Gasteiger partial charge in [-0.3, -0.25) is 4.79 Å². The lowest BCUT2D eigenvalue weighted by Crippen LogP contribution is -2.43. The molecular weight excluding hydrogens is 551 g/mol. The molecule has 1 N–H and O–H groups in total. The summed E-state index contributed by atoms with van der Waals surface area (Å²) in [7, 11) is 4.01. The van der Waals surface area contributed by atoms with Crippen molar-refractivity contribution < 1.29 is 33.6 Å². The van der Waals surface area contributed by atoms with E-state index in [1.807, 2.05) is 72.8 Å². The largest absolute Gasteiger partial charge is 0.496 e. The molecule has 0 aliphatic heterocycles. The van der Waals surface area contributed by atoms with Crippen LogP contribution >= 0.6 is 9.24 Å². The summed E-state index contributed by atoms with van der Waals surface area (Å²) in [5, 5.41) is 12.5. The number of carboxylic acids is 1. The van der Waals surface area contributed by atoms with Gasteiger partial charge in [-0.05, 0) is 59.7 Å². The smallest absolute Gasteiger partial charge is 0.339 e. The highest BCUT2D eigenvalue weighted by atomic mass is 31.0. The van der Waals surface area contributed by atoms with E-state index in [-0.39, 0.29) is 36.6 Å². The number of benzene rings is 4. The standard InChI is InChI=1S/C34H35O7P/c1-38-29-19-31(42)30(18-28(29)32(35)36)41-26-14-16-34(17-15-26,22-39-20-23-8-3-2-4-9-23)33(37)40-21-25-12-7-11-24-10-5-6-13-27(24)25/h2-13,18-19,26H,14-17,20-22,42H2,1H3,(H,35,36)/t26-,34+. The van der Waals surface area contributed by atoms with E-state index in [9.17, 15) is 14.7 Å². The molecule has 0 radical (unpaired) electrons. The van der Waals surface area contributed by atoms with Gasteiger partial charge in [0.1, 0.15) is 23.7 Å². The fourth-order valence-corrected chi connectivity index (χ4v) is 5.82. The van der Waals surface area contributed by atoms with E-state index in [1.54, 1.807) is 6.07 Å². The van der Waals surface area contributed by atoms with Crippen LogP contribution in [0, 0.1) is 5.41 Å². The van der Waals surface area contributed by atoms with Gasteiger partial charge in [0.25, 0.3) is 0 Å². The van der Waals surface area contributed by atoms with Crippen LogP contribution in [-0.2, 0) is 27.5 Å². The van der Waals surface area contributed by atoms with Crippen molar-refractivity contribution in [3.8, 4) is 11.5 Å². The summed E-state index contributed by atoms with van der Waals surface area (Å²) >= 11 is 0. The molecule has 1 saturated carbocycles. The predicted octanol–water partition coefficient (Wildman–Crippen LogP) is 6.32. The van der Waals surface area contributed by atoms with Crippen molar-refractivity contribution in [1.29, 1.82) is 0 Å². The summed E-state index contributed by atoms with van der Waals surface area (Å²) in [6.07, 6.45) is 2.05. The van der Waals surface area contributed by atoms with Gasteiger partial charge in [0, 0.05) is 5.30 Å². The maximum Gasteiger partial charge on any atom is 0.339 e. The van der Waals surface area contributed by atoms with Gasteiger partial charge < -0.3 is 24.1 Å². The molecule has 1 atom stereocenters. The number of carbonyl (C=O) groups excluding carboxylic acids is 1. The highest BCUT2D eigenvalue weighted by molar-refractivity contribution is 7.27. The molecule has 5 rings (SSSR count). The van der Waals surface area contributed by atoms with Crippen LogP contribution in [0.5, 0.6) is 11.5 Å². The average Bonchev–Trinajstić information content (AvgIpc) is 3.01. The van der Waals surface area contributed by atoms with Crippen molar-refractivity contribution in [2.45, 2.75) is 45.0 Å². The number of aromatic carboxylic acids is 1. The van der Waals surface area contributed by atoms with Crippen LogP contribution in [0.25, 0.3) is 10.8 Å². The second-order valence-corrected chi connectivity index (χ2v) is 11.3. The summed E-state index contributed by atoms with van der Waals surface area (Å²) in [6, 6.07) is 27.1. The van der Waals surface area contributed by atoms with Gasteiger partial charge in [0.05, 0.1) is 31.8 Å². The lowest BCUT2D eigenvalue weighted by atomic mass is 9.73. The molecule has 8 heteroatoms. The highest BCUT2D eigenvalue weighted by Gasteiger charge is 2.44. The van der Waals surface area contributed by atoms with E-state index in [4.69, 9.17) is 18.9 Å². The van der Waals surface area contributed by atoms with E-state index in [1.165, 1.54) is 13.2 Å². The van der Waals surface area contributed by atoms with Crippen molar-refractivity contribution in [3.05, 3.63) is 102 Å². The van der Waals surface area contributed by atoms with Crippen LogP contribution < -0.4 is 14.8 Å². The first-order valence-electron chi connectivity index (χ1n) is 14.0. The molecule has 1 fully saturated rings. The van der Waals surface area contributed by atoms with Crippen LogP contribution in [0.1, 0.15) is 47.2 Å². The zero-order chi connectivity index (χ0) is 29.5. The Hall–Kier alpha value is -3.93. The second-order valence-electron chi connectivity index (χ2n) is 10.7. The number of rotatable bonds is 11. The summed E-state index contributed by atoms with van der Waals surface area (Å²) in [4.78, 5) is 25.5. The molecule has 0 bridgehead atoms. The Morgan fingerprint density at radius 3 is 2.36 bits per heavy atom. The third-order valence-electron chi connectivity index (χ3n) is 7.91. The molecule has 4 aromatic rings. The Kier molecular flexibility index (Phi) is 9.41. The molecule has 1 aliphatic rings. The number of esters is 1. The second kappa shape index (κ2) is 13.4. The van der Waals surface area contributed by atoms with Crippen molar-refractivity contribution >= 4 is 37.3 Å². The number of ether oxygens (including phenoxy) is 4. The highest BCUT2D eigenvalue weighted by Crippen LogP contribution is 2.40. The maximum absolute atomic E-state index is 13.8. The Morgan fingerprint density at radius 1 is 0.905 bits per heavy atom. The molecule has 42 heavy (non-hydrogen) atoms. The monoisotopic (exact) mass is 586 g/mol. The molecule has 4 aromatic carbocycles. The van der Waals surface area contributed by atoms with Gasteiger partial charge >= 0.3 is 11.9 Å². The Bertz CT molecular complexity index is 1540. The van der Waals surface area contributed by atoms with E-state index in [0.29, 0.717) is 43.3 Å². The fourth-order valence-electron chi connectivity index (χ4n) is 5.52. The normalized spacial score (nSPS) is 18.4. The molecular formula is C34H35O7P. The van der Waals surface area contributed by atoms with E-state index < -0.39 is 11.4 Å². The molecule has 0 heterocycles. The maximum atomic E-state index is 13.8. The average molecular weight is 587 g/mol. The third kappa shape index (κ3) is 6.75. The van der Waals surface area contributed by atoms with Crippen molar-refractivity contribution in [2.75, 3.05) is 13.7 Å². The minimum absolute atomic E-state index is 0.0372. The first-order valence-corrected chi connectivity index (χ1v) is 14.6. The topological polar surface area (TPSA) is 91.3 Å². The van der Waals surface area contributed by atoms with Gasteiger partial charge in [-0.25, -0.2) is 4.79 Å². The zero-order valence-electron chi connectivity index (χ0n) is 23.6. The molecule has 7 nitrogen and oxygen atoms in total. The quantitative estimate of drug-likeness (QED) is 0.163. The van der Waals surface area contributed by atoms with E-state index >= 15 is 0 Å². The van der Waals surface area contributed by atoms with Gasteiger partial charge in [0.2, 0.25) is 0 Å². The number of hydrogen-bond acceptors (Lipinski definition) is 6. The SMILES string of the molecule is COc1cc(P)c(O[C@H]2CC[C@@](COCc3ccccc3)(C(=O)OCc3cccc4ccccc34)CC2)cc1C(=O)O. The van der Waals surface area contributed by atoms with Crippen LogP contribution in [0.4, 0.5) is 0 Å². The summed E-state index contributed by atoms with van der Waals surface area (Å²) in [5.74, 6) is -0.623. The fraction of sp³-hybridized carbons (Fsp3) is 0.294. The first kappa shape index (κ1) is 29.6. The molecule has 0 amide bonds. The molecule has 0 aromatic heterocycles. The summed E-state index contributed by atoms with van der Waals surface area (Å²) < 4.78 is 23.6. The Labute approximate surface area is 248 Å². The molecule has 1 unspecified atom stereocenters. The Balaban J connectivity index is 1.29. The van der Waals surface area contributed by atoms with Crippen LogP contribution in [0.15, 0.2) is 84.9 Å². The number of carboxylic acid groups (broad SMARTS) is 1. The molecule has 0 saturated heterocycles. The molecule has 1 aliphatic carbocycles. The molecule has 218 valence electrons. The number of fused-ring (bicyclic) bond motifs is 1.